The summed E-state index contributed by atoms with van der Waals surface area (Å²) in [5.41, 5.74) is 0.941. The molecule has 0 heterocycles. The lowest BCUT2D eigenvalue weighted by Gasteiger charge is -2.13. The van der Waals surface area contributed by atoms with Crippen molar-refractivity contribution in [1.29, 1.82) is 0 Å². The van der Waals surface area contributed by atoms with Crippen molar-refractivity contribution in [2.75, 3.05) is 19.5 Å². The highest BCUT2D eigenvalue weighted by Gasteiger charge is 2.13. The Kier molecular flexibility index (Phi) is 4.94. The Labute approximate surface area is 132 Å². The molecule has 6 heteroatoms. The van der Waals surface area contributed by atoms with Gasteiger partial charge in [0.2, 0.25) is 0 Å². The second-order valence-electron chi connectivity index (χ2n) is 4.15. The van der Waals surface area contributed by atoms with Crippen molar-refractivity contribution >= 4 is 34.8 Å². The average molecular weight is 326 g/mol. The highest BCUT2D eigenvalue weighted by atomic mass is 35.5. The quantitative estimate of drug-likeness (QED) is 0.913. The number of carbonyl (C=O) groups is 1. The third-order valence-electron chi connectivity index (χ3n) is 2.83. The number of rotatable bonds is 4. The van der Waals surface area contributed by atoms with Crippen LogP contribution in [0.5, 0.6) is 11.5 Å². The zero-order valence-corrected chi connectivity index (χ0v) is 13.0. The van der Waals surface area contributed by atoms with E-state index >= 15 is 0 Å². The Bertz CT molecular complexity index is 657. The van der Waals surface area contributed by atoms with E-state index in [9.17, 15) is 4.79 Å². The fraction of sp³-hybridized carbons (Fsp3) is 0.133. The lowest BCUT2D eigenvalue weighted by Crippen LogP contribution is -2.12. The maximum atomic E-state index is 12.2. The Balaban J connectivity index is 2.28. The first-order valence-electron chi connectivity index (χ1n) is 6.03. The van der Waals surface area contributed by atoms with Crippen LogP contribution in [0.2, 0.25) is 10.0 Å². The molecule has 0 radical (unpaired) electrons. The number of carbonyl (C=O) groups excluding carboxylic acids is 1. The van der Waals surface area contributed by atoms with Crippen LogP contribution in [0.15, 0.2) is 36.4 Å². The lowest BCUT2D eigenvalue weighted by molar-refractivity contribution is 0.102. The van der Waals surface area contributed by atoms with Gasteiger partial charge in [-0.3, -0.25) is 4.79 Å². The number of methoxy groups -OCH3 is 2. The van der Waals surface area contributed by atoms with Gasteiger partial charge >= 0.3 is 0 Å². The smallest absolute Gasteiger partial charge is 0.255 e. The molecule has 2 aromatic rings. The molecule has 0 saturated heterocycles. The van der Waals surface area contributed by atoms with Crippen LogP contribution in [0.4, 0.5) is 5.69 Å². The molecule has 0 bridgehead atoms. The van der Waals surface area contributed by atoms with Crippen LogP contribution in [0.25, 0.3) is 0 Å². The summed E-state index contributed by atoms with van der Waals surface area (Å²) in [7, 11) is 3.01. The molecule has 0 saturated carbocycles. The van der Waals surface area contributed by atoms with Gasteiger partial charge in [0.1, 0.15) is 11.5 Å². The summed E-state index contributed by atoms with van der Waals surface area (Å²) in [6.45, 7) is 0. The summed E-state index contributed by atoms with van der Waals surface area (Å²) in [6, 6.07) is 9.75. The molecule has 2 rings (SSSR count). The van der Waals surface area contributed by atoms with Crippen molar-refractivity contribution in [1.82, 2.24) is 0 Å². The first-order chi connectivity index (χ1) is 10.0. The van der Waals surface area contributed by atoms with Gasteiger partial charge in [-0.2, -0.15) is 0 Å². The largest absolute Gasteiger partial charge is 0.495 e. The highest BCUT2D eigenvalue weighted by Crippen LogP contribution is 2.36. The summed E-state index contributed by atoms with van der Waals surface area (Å²) >= 11 is 11.9. The van der Waals surface area contributed by atoms with Crippen molar-refractivity contribution in [2.45, 2.75) is 0 Å². The van der Waals surface area contributed by atoms with Gasteiger partial charge in [-0.1, -0.05) is 23.2 Å². The van der Waals surface area contributed by atoms with Crippen LogP contribution >= 0.6 is 23.2 Å². The number of nitrogens with one attached hydrogen (secondary N) is 1. The number of hydrogen-bond donors (Lipinski definition) is 1. The van der Waals surface area contributed by atoms with E-state index in [2.05, 4.69) is 5.32 Å². The van der Waals surface area contributed by atoms with Crippen LogP contribution in [0.3, 0.4) is 0 Å². The minimum Gasteiger partial charge on any atom is -0.495 e. The molecule has 0 aliphatic heterocycles. The second-order valence-corrected chi connectivity index (χ2v) is 4.99. The maximum absolute atomic E-state index is 12.2. The molecular formula is C15H13Cl2NO3. The molecule has 0 aliphatic carbocycles. The predicted molar refractivity (Wildman–Crippen MR) is 84.0 cm³/mol. The minimum absolute atomic E-state index is 0.286. The summed E-state index contributed by atoms with van der Waals surface area (Å²) in [5, 5.41) is 3.69. The van der Waals surface area contributed by atoms with Crippen molar-refractivity contribution in [3.63, 3.8) is 0 Å². The molecule has 0 aliphatic rings. The van der Waals surface area contributed by atoms with Gasteiger partial charge in [0.15, 0.2) is 0 Å². The molecule has 0 spiro atoms. The summed E-state index contributed by atoms with van der Waals surface area (Å²) in [6.07, 6.45) is 0. The van der Waals surface area contributed by atoms with Crippen LogP contribution in [-0.4, -0.2) is 20.1 Å². The van der Waals surface area contributed by atoms with Crippen LogP contribution < -0.4 is 14.8 Å². The standard InChI is InChI=1S/C15H13Cl2NO3/c1-20-13-8-14(21-2)12(7-11(13)17)18-15(19)9-3-5-10(16)6-4-9/h3-8H,1-2H3,(H,18,19). The molecule has 0 fully saturated rings. The molecule has 1 amide bonds. The summed E-state index contributed by atoms with van der Waals surface area (Å²) in [4.78, 5) is 12.2. The number of ether oxygens (including phenoxy) is 2. The van der Waals surface area contributed by atoms with E-state index in [1.165, 1.54) is 14.2 Å². The number of amides is 1. The van der Waals surface area contributed by atoms with Gasteiger partial charge in [-0.05, 0) is 30.3 Å². The average Bonchev–Trinajstić information content (AvgIpc) is 2.48. The maximum Gasteiger partial charge on any atom is 0.255 e. The minimum atomic E-state index is -0.286. The highest BCUT2D eigenvalue weighted by molar-refractivity contribution is 6.32. The van der Waals surface area contributed by atoms with Gasteiger partial charge < -0.3 is 14.8 Å². The zero-order valence-electron chi connectivity index (χ0n) is 11.4. The van der Waals surface area contributed by atoms with Crippen LogP contribution in [0, 0.1) is 0 Å². The SMILES string of the molecule is COc1cc(OC)c(NC(=O)c2ccc(Cl)cc2)cc1Cl. The van der Waals surface area contributed by atoms with E-state index in [0.29, 0.717) is 32.8 Å². The second kappa shape index (κ2) is 6.70. The van der Waals surface area contributed by atoms with E-state index in [1.54, 1.807) is 36.4 Å². The monoisotopic (exact) mass is 325 g/mol. The van der Waals surface area contributed by atoms with Gasteiger partial charge in [-0.25, -0.2) is 0 Å². The van der Waals surface area contributed by atoms with Crippen LogP contribution in [-0.2, 0) is 0 Å². The van der Waals surface area contributed by atoms with Gasteiger partial charge in [-0.15, -0.1) is 0 Å². The first kappa shape index (κ1) is 15.5. The Hall–Kier alpha value is -1.91. The molecule has 2 aromatic carbocycles. The molecule has 21 heavy (non-hydrogen) atoms. The predicted octanol–water partition coefficient (Wildman–Crippen LogP) is 4.26. The molecule has 1 N–H and O–H groups in total. The lowest BCUT2D eigenvalue weighted by atomic mass is 10.2. The third-order valence-corrected chi connectivity index (χ3v) is 3.38. The molecule has 110 valence electrons. The Morgan fingerprint density at radius 3 is 2.19 bits per heavy atom. The first-order valence-corrected chi connectivity index (χ1v) is 6.79. The fourth-order valence-corrected chi connectivity index (χ4v) is 2.12. The van der Waals surface area contributed by atoms with Crippen molar-refractivity contribution in [3.8, 4) is 11.5 Å². The van der Waals surface area contributed by atoms with Crippen molar-refractivity contribution in [2.24, 2.45) is 0 Å². The van der Waals surface area contributed by atoms with E-state index in [0.717, 1.165) is 0 Å². The normalized spacial score (nSPS) is 10.1. The van der Waals surface area contributed by atoms with Gasteiger partial charge in [0.05, 0.1) is 24.9 Å². The number of halogens is 2. The summed E-state index contributed by atoms with van der Waals surface area (Å²) in [5.74, 6) is 0.641. The molecule has 0 atom stereocenters. The van der Waals surface area contributed by atoms with E-state index < -0.39 is 0 Å². The molecule has 4 nitrogen and oxygen atoms in total. The third kappa shape index (κ3) is 3.60. The van der Waals surface area contributed by atoms with E-state index in [4.69, 9.17) is 32.7 Å². The molecular weight excluding hydrogens is 313 g/mol. The summed E-state index contributed by atoms with van der Waals surface area (Å²) < 4.78 is 10.3. The van der Waals surface area contributed by atoms with Crippen molar-refractivity contribution < 1.29 is 14.3 Å². The van der Waals surface area contributed by atoms with E-state index in [-0.39, 0.29) is 5.91 Å². The molecule has 0 unspecified atom stereocenters. The zero-order chi connectivity index (χ0) is 15.4. The molecule has 0 aromatic heterocycles. The topological polar surface area (TPSA) is 47.6 Å². The number of benzene rings is 2. The number of hydrogen-bond acceptors (Lipinski definition) is 3. The Morgan fingerprint density at radius 2 is 1.62 bits per heavy atom. The van der Waals surface area contributed by atoms with Crippen LogP contribution in [0.1, 0.15) is 10.4 Å². The Morgan fingerprint density at radius 1 is 1.00 bits per heavy atom. The van der Waals surface area contributed by atoms with Gasteiger partial charge in [0, 0.05) is 16.7 Å². The number of anilines is 1. The van der Waals surface area contributed by atoms with E-state index in [1.807, 2.05) is 0 Å². The van der Waals surface area contributed by atoms with Crippen molar-refractivity contribution in [3.05, 3.63) is 52.0 Å². The van der Waals surface area contributed by atoms with Gasteiger partial charge in [0.25, 0.3) is 5.91 Å². The fourth-order valence-electron chi connectivity index (χ4n) is 1.75.